The van der Waals surface area contributed by atoms with Crippen molar-refractivity contribution in [2.75, 3.05) is 16.5 Å². The van der Waals surface area contributed by atoms with Gasteiger partial charge in [0, 0.05) is 65.3 Å². The Morgan fingerprint density at radius 3 is 2.06 bits per heavy atom. The van der Waals surface area contributed by atoms with Crippen molar-refractivity contribution in [3.8, 4) is 62.2 Å². The monoisotopic (exact) mass is 806 g/mol. The molecule has 0 saturated carbocycles. The van der Waals surface area contributed by atoms with Gasteiger partial charge in [0.1, 0.15) is 35.5 Å². The lowest BCUT2D eigenvalue weighted by Gasteiger charge is -2.27. The number of fused-ring (bicyclic) bond motifs is 5. The number of anilines is 4. The fourth-order valence-electron chi connectivity index (χ4n) is 9.10. The molecule has 6 nitrogen and oxygen atoms in total. The number of benzene rings is 8. The fraction of sp³-hybridized carbons (Fsp3) is 0.0536. The average molecular weight is 807 g/mol. The zero-order valence-corrected chi connectivity index (χ0v) is 33.3. The minimum Gasteiger partial charge on any atom is -0.457 e. The maximum atomic E-state index is 8.83. The van der Waals surface area contributed by atoms with Crippen LogP contribution in [0, 0.1) is 13.7 Å². The molecular weight excluding hydrogens is 761 g/mol. The summed E-state index contributed by atoms with van der Waals surface area (Å²) >= 11 is 0. The van der Waals surface area contributed by atoms with Gasteiger partial charge in [-0.25, -0.2) is 4.98 Å². The van der Waals surface area contributed by atoms with Crippen LogP contribution in [0.25, 0.3) is 61.0 Å². The van der Waals surface area contributed by atoms with E-state index in [1.807, 2.05) is 83.4 Å². The molecule has 6 heteroatoms. The molecule has 0 saturated heterocycles. The molecule has 0 unspecified atom stereocenters. The molecule has 0 amide bonds. The largest absolute Gasteiger partial charge is 0.457 e. The van der Waals surface area contributed by atoms with Crippen LogP contribution in [-0.4, -0.2) is 16.2 Å². The Kier molecular flexibility index (Phi) is 6.91. The zero-order valence-electron chi connectivity index (χ0n) is 39.3. The summed E-state index contributed by atoms with van der Waals surface area (Å²) in [6.45, 7) is -4.39. The number of ether oxygens (including phenoxy) is 2. The second-order valence-electron chi connectivity index (χ2n) is 15.6. The smallest absolute Gasteiger partial charge is 0.137 e. The average Bonchev–Trinajstić information content (AvgIpc) is 3.89. The summed E-state index contributed by atoms with van der Waals surface area (Å²) in [5.74, 6) is 2.52. The van der Waals surface area contributed by atoms with Crippen LogP contribution in [0.1, 0.15) is 19.4 Å². The van der Waals surface area contributed by atoms with E-state index in [4.69, 9.17) is 22.7 Å². The van der Waals surface area contributed by atoms with Gasteiger partial charge in [-0.2, -0.15) is 0 Å². The molecule has 296 valence electrons. The summed E-state index contributed by atoms with van der Waals surface area (Å²) in [6, 6.07) is 61.0. The highest BCUT2D eigenvalue weighted by Gasteiger charge is 2.31. The lowest BCUT2D eigenvalue weighted by molar-refractivity contribution is 0.483. The molecule has 0 atom stereocenters. The first-order valence-electron chi connectivity index (χ1n) is 23.5. The fourth-order valence-corrected chi connectivity index (χ4v) is 9.10. The molecule has 0 fully saturated rings. The number of aromatic nitrogens is 2. The molecule has 0 radical (unpaired) electrons. The third-order valence-electron chi connectivity index (χ3n) is 11.9. The Balaban J connectivity index is 1.09. The van der Waals surface area contributed by atoms with Gasteiger partial charge in [0.2, 0.25) is 0 Å². The zero-order chi connectivity index (χ0) is 46.3. The molecule has 6 heterocycles. The summed E-state index contributed by atoms with van der Waals surface area (Å²) in [5.41, 5.74) is 10.8. The second-order valence-corrected chi connectivity index (χ2v) is 15.6. The van der Waals surface area contributed by atoms with Gasteiger partial charge in [0.15, 0.2) is 0 Å². The Morgan fingerprint density at radius 2 is 1.23 bits per heavy atom. The molecule has 2 aromatic heterocycles. The van der Waals surface area contributed by atoms with Crippen molar-refractivity contribution in [2.24, 2.45) is 0 Å². The molecule has 14 rings (SSSR count). The first-order valence-corrected chi connectivity index (χ1v) is 20.5. The van der Waals surface area contributed by atoms with E-state index in [0.717, 1.165) is 50.4 Å². The minimum atomic E-state index is -2.56. The first kappa shape index (κ1) is 30.0. The van der Waals surface area contributed by atoms with Crippen molar-refractivity contribution in [3.63, 3.8) is 0 Å². The van der Waals surface area contributed by atoms with Crippen LogP contribution in [0.2, 0.25) is 0 Å². The van der Waals surface area contributed by atoms with E-state index in [9.17, 15) is 0 Å². The molecular formula is C56H40N4O2. The highest BCUT2D eigenvalue weighted by molar-refractivity contribution is 6.10. The van der Waals surface area contributed by atoms with Crippen molar-refractivity contribution in [1.82, 2.24) is 9.55 Å². The molecule has 8 aromatic carbocycles. The van der Waals surface area contributed by atoms with Gasteiger partial charge in [-0.05, 0) is 103 Å². The topological polar surface area (TPSA) is 42.8 Å². The third-order valence-corrected chi connectivity index (χ3v) is 11.9. The molecule has 0 N–H and O–H groups in total. The summed E-state index contributed by atoms with van der Waals surface area (Å²) in [5, 5.41) is 1.43. The molecule has 10 aromatic rings. The van der Waals surface area contributed by atoms with E-state index >= 15 is 0 Å². The minimum absolute atomic E-state index is 0.0770. The standard InChI is InChI=1S/C56H40N4O2/c1-36-22-29-50-48(30-36)46-28-27-43-33-53(46)60(50)55-31-37(2)49(34-57-55)47-16-6-9-21-54(47)62-41-25-23-39(24-26-41)45-18-11-17-44(38-12-4-3-5-13-38)56(45)59-35-58(51-19-7-8-20-52(51)59)40-14-10-15-42(32-40)61-43/h3-34H,35H2,1-2H3/i1D3,2D3. The Hall–Kier alpha value is -8.09. The van der Waals surface area contributed by atoms with Crippen LogP contribution in [-0.2, 0) is 0 Å². The van der Waals surface area contributed by atoms with E-state index in [-0.39, 0.29) is 11.1 Å². The number of hydrogen-bond donors (Lipinski definition) is 0. The normalized spacial score (nSPS) is 14.6. The molecule has 0 aliphatic carbocycles. The van der Waals surface area contributed by atoms with Crippen molar-refractivity contribution in [3.05, 3.63) is 205 Å². The van der Waals surface area contributed by atoms with Crippen molar-refractivity contribution in [2.45, 2.75) is 13.7 Å². The SMILES string of the molecule is [2H]C([2H])([2H])c1ccc2c(c1)c1ccc3cc1n2-c1cc(C([2H])([2H])[2H])c(cn1)-c1ccccc1Oc1ccc(cc1)-c1cccc(-c2ccccc2)c1N1CN(c2cccc(c2)O3)c2ccccc21. The lowest BCUT2D eigenvalue weighted by atomic mass is 9.95. The summed E-state index contributed by atoms with van der Waals surface area (Å²) in [7, 11) is 0. The van der Waals surface area contributed by atoms with Gasteiger partial charge in [-0.1, -0.05) is 109 Å². The van der Waals surface area contributed by atoms with Crippen LogP contribution in [0.3, 0.4) is 0 Å². The number of pyridine rings is 1. The van der Waals surface area contributed by atoms with Gasteiger partial charge in [0.25, 0.3) is 0 Å². The lowest BCUT2D eigenvalue weighted by Crippen LogP contribution is -2.24. The van der Waals surface area contributed by atoms with Crippen molar-refractivity contribution in [1.29, 1.82) is 0 Å². The molecule has 4 aliphatic heterocycles. The van der Waals surface area contributed by atoms with Crippen molar-refractivity contribution < 1.29 is 17.7 Å². The second kappa shape index (κ2) is 14.3. The van der Waals surface area contributed by atoms with E-state index < -0.39 is 13.7 Å². The van der Waals surface area contributed by atoms with Gasteiger partial charge in [-0.3, -0.25) is 4.57 Å². The maximum Gasteiger partial charge on any atom is 0.137 e. The summed E-state index contributed by atoms with van der Waals surface area (Å²) in [6.07, 6.45) is 1.58. The number of hydrogen-bond acceptors (Lipinski definition) is 5. The molecule has 4 aliphatic rings. The van der Waals surface area contributed by atoms with Crippen LogP contribution in [0.4, 0.5) is 22.7 Å². The predicted molar refractivity (Wildman–Crippen MR) is 253 cm³/mol. The van der Waals surface area contributed by atoms with E-state index in [1.165, 1.54) is 0 Å². The van der Waals surface area contributed by atoms with Gasteiger partial charge < -0.3 is 19.3 Å². The highest BCUT2D eigenvalue weighted by atomic mass is 16.5. The number of aryl methyl sites for hydroxylation is 2. The predicted octanol–water partition coefficient (Wildman–Crippen LogP) is 14.9. The van der Waals surface area contributed by atoms with Crippen LogP contribution >= 0.6 is 0 Å². The van der Waals surface area contributed by atoms with Crippen molar-refractivity contribution >= 4 is 44.6 Å². The first-order chi connectivity index (χ1) is 33.0. The number of nitrogens with zero attached hydrogens (tertiary/aromatic N) is 4. The highest BCUT2D eigenvalue weighted by Crippen LogP contribution is 2.51. The third kappa shape index (κ3) is 5.91. The molecule has 0 spiro atoms. The summed E-state index contributed by atoms with van der Waals surface area (Å²) in [4.78, 5) is 9.63. The maximum absolute atomic E-state index is 8.83. The van der Waals surface area contributed by atoms with E-state index in [1.54, 1.807) is 30.5 Å². The van der Waals surface area contributed by atoms with E-state index in [2.05, 4.69) is 94.7 Å². The van der Waals surface area contributed by atoms with E-state index in [0.29, 0.717) is 63.0 Å². The van der Waals surface area contributed by atoms with Gasteiger partial charge in [0.05, 0.1) is 28.1 Å². The summed E-state index contributed by atoms with van der Waals surface area (Å²) < 4.78 is 66.4. The quantitative estimate of drug-likeness (QED) is 0.165. The van der Waals surface area contributed by atoms with Crippen LogP contribution in [0.15, 0.2) is 194 Å². The molecule has 10 bridgehead atoms. The number of rotatable bonds is 1. The Morgan fingerprint density at radius 1 is 0.500 bits per heavy atom. The van der Waals surface area contributed by atoms with Gasteiger partial charge in [-0.15, -0.1) is 0 Å². The van der Waals surface area contributed by atoms with Crippen LogP contribution < -0.4 is 19.3 Å². The van der Waals surface area contributed by atoms with Gasteiger partial charge >= 0.3 is 0 Å². The number of para-hydroxylation sites is 4. The molecule has 62 heavy (non-hydrogen) atoms. The Labute approximate surface area is 368 Å². The van der Waals surface area contributed by atoms with Crippen LogP contribution in [0.5, 0.6) is 23.0 Å². The Bertz CT molecular complexity index is 3610.